The van der Waals surface area contributed by atoms with Gasteiger partial charge in [0.25, 0.3) is 0 Å². The van der Waals surface area contributed by atoms with Gasteiger partial charge in [0.05, 0.1) is 5.69 Å². The second-order valence-electron chi connectivity index (χ2n) is 5.16. The molecule has 0 aliphatic carbocycles. The van der Waals surface area contributed by atoms with E-state index in [1.165, 1.54) is 19.1 Å². The van der Waals surface area contributed by atoms with Crippen molar-refractivity contribution in [3.05, 3.63) is 52.5 Å². The molecule has 0 atom stereocenters. The van der Waals surface area contributed by atoms with Gasteiger partial charge in [-0.1, -0.05) is 15.9 Å². The summed E-state index contributed by atoms with van der Waals surface area (Å²) in [5, 5.41) is 2.53. The maximum atomic E-state index is 12.4. The minimum absolute atomic E-state index is 0.282. The van der Waals surface area contributed by atoms with Gasteiger partial charge >= 0.3 is 11.8 Å². The lowest BCUT2D eigenvalue weighted by Gasteiger charge is -2.19. The SMILES string of the molecule is CC(=O)N(C(=O)C(=O)Nc1ccc(Br)cc1C)c1ccc(N)cc1. The summed E-state index contributed by atoms with van der Waals surface area (Å²) in [5.41, 5.74) is 7.65. The molecule has 0 unspecified atom stereocenters. The maximum Gasteiger partial charge on any atom is 0.323 e. The number of nitrogen functional groups attached to an aromatic ring is 1. The third-order valence-corrected chi connectivity index (χ3v) is 3.79. The van der Waals surface area contributed by atoms with Crippen molar-refractivity contribution in [1.29, 1.82) is 0 Å². The molecule has 0 fully saturated rings. The molecule has 0 saturated carbocycles. The molecule has 0 radical (unpaired) electrons. The molecule has 2 aromatic rings. The van der Waals surface area contributed by atoms with E-state index in [0.29, 0.717) is 11.4 Å². The number of rotatable bonds is 2. The van der Waals surface area contributed by atoms with E-state index >= 15 is 0 Å². The van der Waals surface area contributed by atoms with E-state index in [1.807, 2.05) is 6.07 Å². The molecule has 0 bridgehead atoms. The van der Waals surface area contributed by atoms with Gasteiger partial charge in [-0.3, -0.25) is 14.4 Å². The van der Waals surface area contributed by atoms with E-state index in [1.54, 1.807) is 31.2 Å². The minimum Gasteiger partial charge on any atom is -0.399 e. The van der Waals surface area contributed by atoms with Crippen LogP contribution in [-0.4, -0.2) is 17.7 Å². The first-order valence-corrected chi connectivity index (χ1v) is 7.86. The van der Waals surface area contributed by atoms with Crippen LogP contribution in [0.15, 0.2) is 46.9 Å². The predicted molar refractivity (Wildman–Crippen MR) is 96.5 cm³/mol. The summed E-state index contributed by atoms with van der Waals surface area (Å²) >= 11 is 3.33. The first kappa shape index (κ1) is 17.7. The van der Waals surface area contributed by atoms with Gasteiger partial charge in [-0.2, -0.15) is 0 Å². The normalized spacial score (nSPS) is 10.1. The van der Waals surface area contributed by atoms with Crippen LogP contribution < -0.4 is 16.0 Å². The lowest BCUT2D eigenvalue weighted by molar-refractivity contribution is -0.136. The van der Waals surface area contributed by atoms with Crippen molar-refractivity contribution < 1.29 is 14.4 Å². The molecule has 0 spiro atoms. The number of imide groups is 1. The molecule has 0 aromatic heterocycles. The standard InChI is InChI=1S/C17H16BrN3O3/c1-10-9-12(18)3-8-15(10)20-16(23)17(24)21(11(2)22)14-6-4-13(19)5-7-14/h3-9H,19H2,1-2H3,(H,20,23). The van der Waals surface area contributed by atoms with E-state index in [-0.39, 0.29) is 5.69 Å². The largest absolute Gasteiger partial charge is 0.399 e. The number of anilines is 3. The number of carbonyl (C=O) groups excluding carboxylic acids is 3. The third kappa shape index (κ3) is 3.99. The van der Waals surface area contributed by atoms with Crippen molar-refractivity contribution in [2.45, 2.75) is 13.8 Å². The highest BCUT2D eigenvalue weighted by atomic mass is 79.9. The van der Waals surface area contributed by atoms with Gasteiger partial charge < -0.3 is 11.1 Å². The Balaban J connectivity index is 2.24. The molecule has 2 rings (SSSR count). The third-order valence-electron chi connectivity index (χ3n) is 3.30. The smallest absolute Gasteiger partial charge is 0.323 e. The van der Waals surface area contributed by atoms with E-state index in [4.69, 9.17) is 5.73 Å². The number of nitrogens with two attached hydrogens (primary N) is 1. The molecular formula is C17H16BrN3O3. The van der Waals surface area contributed by atoms with Crippen molar-refractivity contribution in [2.24, 2.45) is 0 Å². The Kier molecular flexibility index (Phi) is 5.35. The number of benzene rings is 2. The van der Waals surface area contributed by atoms with Gasteiger partial charge in [0, 0.05) is 22.8 Å². The number of aryl methyl sites for hydroxylation is 1. The van der Waals surface area contributed by atoms with Gasteiger partial charge in [0.15, 0.2) is 0 Å². The molecule has 24 heavy (non-hydrogen) atoms. The summed E-state index contributed by atoms with van der Waals surface area (Å²) in [4.78, 5) is 37.3. The van der Waals surface area contributed by atoms with Gasteiger partial charge in [-0.15, -0.1) is 0 Å². The fourth-order valence-corrected chi connectivity index (χ4v) is 2.59. The van der Waals surface area contributed by atoms with Crippen molar-refractivity contribution in [1.82, 2.24) is 0 Å². The van der Waals surface area contributed by atoms with Gasteiger partial charge in [0.2, 0.25) is 5.91 Å². The zero-order chi connectivity index (χ0) is 17.9. The number of amides is 3. The minimum atomic E-state index is -0.963. The fourth-order valence-electron chi connectivity index (χ4n) is 2.11. The second-order valence-corrected chi connectivity index (χ2v) is 6.08. The van der Waals surface area contributed by atoms with E-state index in [0.717, 1.165) is 14.9 Å². The number of carbonyl (C=O) groups is 3. The summed E-state index contributed by atoms with van der Waals surface area (Å²) in [5.74, 6) is -2.42. The summed E-state index contributed by atoms with van der Waals surface area (Å²) < 4.78 is 0.858. The van der Waals surface area contributed by atoms with Crippen LogP contribution in [0.25, 0.3) is 0 Å². The molecule has 0 aliphatic rings. The van der Waals surface area contributed by atoms with Crippen LogP contribution in [0.1, 0.15) is 12.5 Å². The van der Waals surface area contributed by atoms with Crippen LogP contribution in [-0.2, 0) is 14.4 Å². The molecule has 6 nitrogen and oxygen atoms in total. The Hall–Kier alpha value is -2.67. The molecular weight excluding hydrogens is 374 g/mol. The molecule has 124 valence electrons. The monoisotopic (exact) mass is 389 g/mol. The average molecular weight is 390 g/mol. The topological polar surface area (TPSA) is 92.5 Å². The Morgan fingerprint density at radius 3 is 2.25 bits per heavy atom. The molecule has 3 N–H and O–H groups in total. The average Bonchev–Trinajstić information content (AvgIpc) is 2.51. The summed E-state index contributed by atoms with van der Waals surface area (Å²) in [6.45, 7) is 3.01. The molecule has 2 aromatic carbocycles. The van der Waals surface area contributed by atoms with Crippen molar-refractivity contribution in [3.8, 4) is 0 Å². The zero-order valence-corrected chi connectivity index (χ0v) is 14.8. The Morgan fingerprint density at radius 1 is 1.08 bits per heavy atom. The summed E-state index contributed by atoms with van der Waals surface area (Å²) in [6.07, 6.45) is 0. The van der Waals surface area contributed by atoms with Crippen molar-refractivity contribution in [3.63, 3.8) is 0 Å². The Labute approximate surface area is 147 Å². The highest BCUT2D eigenvalue weighted by Gasteiger charge is 2.27. The predicted octanol–water partition coefficient (Wildman–Crippen LogP) is 2.86. The van der Waals surface area contributed by atoms with Crippen molar-refractivity contribution in [2.75, 3.05) is 16.0 Å². The molecule has 0 saturated heterocycles. The van der Waals surface area contributed by atoms with Crippen LogP contribution in [0.3, 0.4) is 0 Å². The number of nitrogens with zero attached hydrogens (tertiary/aromatic N) is 1. The van der Waals surface area contributed by atoms with Crippen molar-refractivity contribution >= 4 is 50.7 Å². The summed E-state index contributed by atoms with van der Waals surface area (Å²) in [7, 11) is 0. The van der Waals surface area contributed by atoms with E-state index in [9.17, 15) is 14.4 Å². The molecule has 7 heteroatoms. The quantitative estimate of drug-likeness (QED) is 0.609. The fraction of sp³-hybridized carbons (Fsp3) is 0.118. The van der Waals surface area contributed by atoms with Crippen LogP contribution in [0, 0.1) is 6.92 Å². The zero-order valence-electron chi connectivity index (χ0n) is 13.2. The lowest BCUT2D eigenvalue weighted by atomic mass is 10.2. The maximum absolute atomic E-state index is 12.4. The lowest BCUT2D eigenvalue weighted by Crippen LogP contribution is -2.42. The van der Waals surface area contributed by atoms with Gasteiger partial charge in [0.1, 0.15) is 0 Å². The van der Waals surface area contributed by atoms with Gasteiger partial charge in [-0.25, -0.2) is 4.90 Å². The van der Waals surface area contributed by atoms with Crippen LogP contribution >= 0.6 is 15.9 Å². The number of hydrogen-bond donors (Lipinski definition) is 2. The Bertz CT molecular complexity index is 803. The first-order chi connectivity index (χ1) is 11.3. The van der Waals surface area contributed by atoms with Crippen LogP contribution in [0.4, 0.5) is 17.1 Å². The molecule has 3 amide bonds. The highest BCUT2D eigenvalue weighted by Crippen LogP contribution is 2.21. The van der Waals surface area contributed by atoms with E-state index in [2.05, 4.69) is 21.2 Å². The van der Waals surface area contributed by atoms with E-state index < -0.39 is 17.7 Å². The number of hydrogen-bond acceptors (Lipinski definition) is 4. The number of nitrogens with one attached hydrogen (secondary N) is 1. The molecule has 0 heterocycles. The summed E-state index contributed by atoms with van der Waals surface area (Å²) in [6, 6.07) is 11.3. The number of halogens is 1. The highest BCUT2D eigenvalue weighted by molar-refractivity contribution is 9.10. The van der Waals surface area contributed by atoms with Crippen LogP contribution in [0.2, 0.25) is 0 Å². The Morgan fingerprint density at radius 2 is 1.71 bits per heavy atom. The molecule has 0 aliphatic heterocycles. The second kappa shape index (κ2) is 7.27. The van der Waals surface area contributed by atoms with Gasteiger partial charge in [-0.05, 0) is 55.0 Å². The van der Waals surface area contributed by atoms with Crippen LogP contribution in [0.5, 0.6) is 0 Å². The first-order valence-electron chi connectivity index (χ1n) is 7.07.